The number of Topliss-reactive ketones (excluding diaryl/α,β-unsaturated/α-hetero) is 1. The number of aromatic nitrogens is 2. The maximum Gasteiger partial charge on any atom is 0.171 e. The number of fused-ring (bicyclic) bond motifs is 1. The van der Waals surface area contributed by atoms with Gasteiger partial charge in [0.05, 0.1) is 16.3 Å². The zero-order chi connectivity index (χ0) is 16.7. The number of nitrogens with two attached hydrogens (primary N) is 1. The maximum absolute atomic E-state index is 11.9. The molecule has 4 heterocycles. The van der Waals surface area contributed by atoms with Crippen LogP contribution in [-0.2, 0) is 0 Å². The predicted octanol–water partition coefficient (Wildman–Crippen LogP) is 4.87. The molecule has 4 aromatic heterocycles. The summed E-state index contributed by atoms with van der Waals surface area (Å²) in [4.78, 5) is 23.2. The van der Waals surface area contributed by atoms with Gasteiger partial charge in [0.1, 0.15) is 4.83 Å². The van der Waals surface area contributed by atoms with Crippen molar-refractivity contribution in [3.8, 4) is 21.7 Å². The average molecular weight is 351 g/mol. The van der Waals surface area contributed by atoms with Gasteiger partial charge >= 0.3 is 0 Å². The molecule has 4 aromatic rings. The Morgan fingerprint density at radius 3 is 2.79 bits per heavy atom. The summed E-state index contributed by atoms with van der Waals surface area (Å²) in [5.41, 5.74) is 9.58. The lowest BCUT2D eigenvalue weighted by atomic mass is 10.1. The summed E-state index contributed by atoms with van der Waals surface area (Å²) in [5, 5.41) is 2.89. The van der Waals surface area contributed by atoms with Gasteiger partial charge in [-0.3, -0.25) is 9.78 Å². The van der Waals surface area contributed by atoms with E-state index in [2.05, 4.69) is 11.1 Å². The van der Waals surface area contributed by atoms with Crippen molar-refractivity contribution in [3.63, 3.8) is 0 Å². The van der Waals surface area contributed by atoms with Gasteiger partial charge in [-0.25, -0.2) is 4.98 Å². The predicted molar refractivity (Wildman–Crippen MR) is 101 cm³/mol. The number of anilines is 1. The van der Waals surface area contributed by atoms with Crippen LogP contribution in [0.4, 0.5) is 5.69 Å². The molecule has 0 aromatic carbocycles. The summed E-state index contributed by atoms with van der Waals surface area (Å²) in [6.07, 6.45) is 3.52. The Morgan fingerprint density at radius 1 is 1.25 bits per heavy atom. The highest BCUT2D eigenvalue weighted by atomic mass is 32.1. The maximum atomic E-state index is 11.9. The molecule has 0 spiro atoms. The van der Waals surface area contributed by atoms with Crippen LogP contribution in [0.1, 0.15) is 16.6 Å². The van der Waals surface area contributed by atoms with Gasteiger partial charge in [-0.2, -0.15) is 0 Å². The van der Waals surface area contributed by atoms with Crippen molar-refractivity contribution in [2.75, 3.05) is 5.73 Å². The van der Waals surface area contributed by atoms with Gasteiger partial charge in [0.25, 0.3) is 0 Å². The zero-order valence-corrected chi connectivity index (χ0v) is 14.4. The average Bonchev–Trinajstić information content (AvgIpc) is 3.23. The zero-order valence-electron chi connectivity index (χ0n) is 12.8. The van der Waals surface area contributed by atoms with Gasteiger partial charge < -0.3 is 5.73 Å². The number of carbonyl (C=O) groups is 1. The first-order valence-electron chi connectivity index (χ1n) is 7.33. The highest BCUT2D eigenvalue weighted by molar-refractivity contribution is 7.21. The normalized spacial score (nSPS) is 11.0. The third-order valence-electron chi connectivity index (χ3n) is 3.76. The molecule has 0 saturated carbocycles. The fourth-order valence-electron chi connectivity index (χ4n) is 2.67. The van der Waals surface area contributed by atoms with Crippen molar-refractivity contribution in [1.29, 1.82) is 0 Å². The SMILES string of the molecule is CC(=O)c1sc2nc(-c3cccnc3)cc(-c3cccs3)c2c1N. The second-order valence-corrected chi connectivity index (χ2v) is 7.30. The monoisotopic (exact) mass is 351 g/mol. The minimum Gasteiger partial charge on any atom is -0.397 e. The molecule has 0 saturated heterocycles. The number of ketones is 1. The number of thiophene rings is 2. The third kappa shape index (κ3) is 2.40. The molecule has 6 heteroatoms. The van der Waals surface area contributed by atoms with Crippen LogP contribution in [0.2, 0.25) is 0 Å². The highest BCUT2D eigenvalue weighted by Gasteiger charge is 2.20. The van der Waals surface area contributed by atoms with E-state index in [-0.39, 0.29) is 5.78 Å². The van der Waals surface area contributed by atoms with E-state index in [0.717, 1.165) is 31.9 Å². The Morgan fingerprint density at radius 2 is 2.12 bits per heavy atom. The molecule has 2 N–H and O–H groups in total. The van der Waals surface area contributed by atoms with Crippen LogP contribution in [0.25, 0.3) is 31.9 Å². The number of carbonyl (C=O) groups excluding carboxylic acids is 1. The Hall–Kier alpha value is -2.57. The molecular formula is C18H13N3OS2. The molecule has 0 aliphatic rings. The molecular weight excluding hydrogens is 338 g/mol. The third-order valence-corrected chi connectivity index (χ3v) is 5.87. The number of nitrogen functional groups attached to an aromatic ring is 1. The second kappa shape index (κ2) is 5.81. The quantitative estimate of drug-likeness (QED) is 0.535. The van der Waals surface area contributed by atoms with E-state index >= 15 is 0 Å². The van der Waals surface area contributed by atoms with Crippen molar-refractivity contribution >= 4 is 44.4 Å². The van der Waals surface area contributed by atoms with Crippen molar-refractivity contribution in [2.45, 2.75) is 6.92 Å². The fraction of sp³-hybridized carbons (Fsp3) is 0.0556. The first-order valence-corrected chi connectivity index (χ1v) is 9.03. The van der Waals surface area contributed by atoms with Crippen molar-refractivity contribution in [3.05, 3.63) is 53.0 Å². The van der Waals surface area contributed by atoms with E-state index in [1.807, 2.05) is 29.6 Å². The van der Waals surface area contributed by atoms with Crippen LogP contribution < -0.4 is 5.73 Å². The molecule has 0 bridgehead atoms. The van der Waals surface area contributed by atoms with Crippen molar-refractivity contribution in [2.24, 2.45) is 0 Å². The fourth-order valence-corrected chi connectivity index (χ4v) is 4.43. The molecule has 4 rings (SSSR count). The molecule has 0 atom stereocenters. The molecule has 0 aliphatic carbocycles. The van der Waals surface area contributed by atoms with Crippen molar-refractivity contribution < 1.29 is 4.79 Å². The van der Waals surface area contributed by atoms with Gasteiger partial charge in [0.15, 0.2) is 5.78 Å². The molecule has 0 amide bonds. The standard InChI is InChI=1S/C18H13N3OS2/c1-10(22)17-16(19)15-12(14-5-3-7-23-14)8-13(21-18(15)24-17)11-4-2-6-20-9-11/h2-9H,19H2,1H3. The summed E-state index contributed by atoms with van der Waals surface area (Å²) in [6, 6.07) is 9.94. The number of rotatable bonds is 3. The summed E-state index contributed by atoms with van der Waals surface area (Å²) in [6.45, 7) is 1.54. The molecule has 4 nitrogen and oxygen atoms in total. The highest BCUT2D eigenvalue weighted by Crippen LogP contribution is 2.42. The molecule has 0 aliphatic heterocycles. The van der Waals surface area contributed by atoms with Gasteiger partial charge in [0.2, 0.25) is 0 Å². The van der Waals surface area contributed by atoms with Gasteiger partial charge in [-0.1, -0.05) is 6.07 Å². The Bertz CT molecular complexity index is 1040. The molecule has 0 unspecified atom stereocenters. The number of hydrogen-bond donors (Lipinski definition) is 1. The number of nitrogens with zero attached hydrogens (tertiary/aromatic N) is 2. The van der Waals surface area contributed by atoms with E-state index in [1.165, 1.54) is 18.3 Å². The summed E-state index contributed by atoms with van der Waals surface area (Å²) < 4.78 is 0. The topological polar surface area (TPSA) is 68.9 Å². The van der Waals surface area contributed by atoms with E-state index in [0.29, 0.717) is 10.6 Å². The number of pyridine rings is 2. The Kier molecular flexibility index (Phi) is 3.63. The van der Waals surface area contributed by atoms with E-state index in [1.54, 1.807) is 23.7 Å². The van der Waals surface area contributed by atoms with E-state index in [4.69, 9.17) is 10.7 Å². The summed E-state index contributed by atoms with van der Waals surface area (Å²) in [5.74, 6) is -0.0319. The minimum atomic E-state index is -0.0319. The van der Waals surface area contributed by atoms with Crippen LogP contribution in [0, 0.1) is 0 Å². The lowest BCUT2D eigenvalue weighted by Crippen LogP contribution is -1.95. The van der Waals surface area contributed by atoms with Crippen molar-refractivity contribution in [1.82, 2.24) is 9.97 Å². The lowest BCUT2D eigenvalue weighted by Gasteiger charge is -2.06. The minimum absolute atomic E-state index is 0.0319. The second-order valence-electron chi connectivity index (χ2n) is 5.36. The lowest BCUT2D eigenvalue weighted by molar-refractivity contribution is 0.102. The molecule has 0 fully saturated rings. The summed E-state index contributed by atoms with van der Waals surface area (Å²) in [7, 11) is 0. The smallest absolute Gasteiger partial charge is 0.171 e. The Labute approximate surface area is 146 Å². The van der Waals surface area contributed by atoms with E-state index < -0.39 is 0 Å². The van der Waals surface area contributed by atoms with Crippen LogP contribution in [0.15, 0.2) is 48.1 Å². The van der Waals surface area contributed by atoms with Crippen LogP contribution >= 0.6 is 22.7 Å². The summed E-state index contributed by atoms with van der Waals surface area (Å²) >= 11 is 2.99. The first kappa shape index (κ1) is 15.0. The Balaban J connectivity index is 2.07. The molecule has 0 radical (unpaired) electrons. The van der Waals surface area contributed by atoms with Gasteiger partial charge in [0, 0.05) is 40.7 Å². The molecule has 24 heavy (non-hydrogen) atoms. The number of hydrogen-bond acceptors (Lipinski definition) is 6. The largest absolute Gasteiger partial charge is 0.397 e. The molecule has 118 valence electrons. The van der Waals surface area contributed by atoms with E-state index in [9.17, 15) is 4.79 Å². The van der Waals surface area contributed by atoms with Gasteiger partial charge in [-0.15, -0.1) is 22.7 Å². The van der Waals surface area contributed by atoms with Crippen LogP contribution in [0.5, 0.6) is 0 Å². The first-order chi connectivity index (χ1) is 11.6. The van der Waals surface area contributed by atoms with Gasteiger partial charge in [-0.05, 0) is 29.6 Å². The van der Waals surface area contributed by atoms with Crippen LogP contribution in [-0.4, -0.2) is 15.8 Å². The van der Waals surface area contributed by atoms with Crippen LogP contribution in [0.3, 0.4) is 0 Å².